The van der Waals surface area contributed by atoms with Crippen LogP contribution in [0.2, 0.25) is 0 Å². The minimum atomic E-state index is -0.352. The van der Waals surface area contributed by atoms with Crippen LogP contribution in [-0.4, -0.2) is 11.8 Å². The van der Waals surface area contributed by atoms with Gasteiger partial charge in [-0.2, -0.15) is 0 Å². The standard InChI is InChI=1S/C17H13NO2/c1-11-5-4-6-12(9-11)10-15-13-7-2-3-8-14(13)16(19)18-17(15)20/h2-10H,1H3,(H,18,19,20)/b15-10+. The first kappa shape index (κ1) is 12.4. The van der Waals surface area contributed by atoms with Gasteiger partial charge in [0.05, 0.1) is 0 Å². The number of hydrogen-bond acceptors (Lipinski definition) is 2. The van der Waals surface area contributed by atoms with Gasteiger partial charge in [0.2, 0.25) is 0 Å². The van der Waals surface area contributed by atoms with E-state index in [1.807, 2.05) is 43.3 Å². The van der Waals surface area contributed by atoms with E-state index in [1.54, 1.807) is 18.2 Å². The Kier molecular flexibility index (Phi) is 2.95. The highest BCUT2D eigenvalue weighted by Crippen LogP contribution is 2.26. The lowest BCUT2D eigenvalue weighted by Crippen LogP contribution is -2.36. The van der Waals surface area contributed by atoms with Crippen LogP contribution in [0, 0.1) is 6.92 Å². The van der Waals surface area contributed by atoms with Gasteiger partial charge in [0.1, 0.15) is 0 Å². The zero-order valence-electron chi connectivity index (χ0n) is 11.0. The van der Waals surface area contributed by atoms with Crippen molar-refractivity contribution < 1.29 is 9.59 Å². The quantitative estimate of drug-likeness (QED) is 0.635. The van der Waals surface area contributed by atoms with Crippen molar-refractivity contribution in [3.63, 3.8) is 0 Å². The summed E-state index contributed by atoms with van der Waals surface area (Å²) in [7, 11) is 0. The number of amides is 2. The van der Waals surface area contributed by atoms with E-state index in [2.05, 4.69) is 5.32 Å². The number of imide groups is 1. The maximum absolute atomic E-state index is 12.1. The Balaban J connectivity index is 2.16. The molecule has 0 bridgehead atoms. The van der Waals surface area contributed by atoms with E-state index in [1.165, 1.54) is 0 Å². The lowest BCUT2D eigenvalue weighted by Gasteiger charge is -2.18. The Hall–Kier alpha value is -2.68. The van der Waals surface area contributed by atoms with Gasteiger partial charge in [-0.05, 0) is 30.2 Å². The number of rotatable bonds is 1. The average Bonchev–Trinajstić information content (AvgIpc) is 2.43. The van der Waals surface area contributed by atoms with Crippen molar-refractivity contribution in [3.8, 4) is 0 Å². The van der Waals surface area contributed by atoms with Crippen molar-refractivity contribution in [2.45, 2.75) is 6.92 Å². The smallest absolute Gasteiger partial charge is 0.258 e. The fourth-order valence-electron chi connectivity index (χ4n) is 2.35. The number of carbonyl (C=O) groups excluding carboxylic acids is 2. The van der Waals surface area contributed by atoms with Gasteiger partial charge in [-0.1, -0.05) is 48.0 Å². The summed E-state index contributed by atoms with van der Waals surface area (Å²) < 4.78 is 0. The number of nitrogens with one attached hydrogen (secondary N) is 1. The van der Waals surface area contributed by atoms with E-state index in [4.69, 9.17) is 0 Å². The molecule has 3 heteroatoms. The molecule has 0 aromatic heterocycles. The predicted molar refractivity (Wildman–Crippen MR) is 78.0 cm³/mol. The Morgan fingerprint density at radius 1 is 0.900 bits per heavy atom. The fraction of sp³-hybridized carbons (Fsp3) is 0.0588. The highest BCUT2D eigenvalue weighted by Gasteiger charge is 2.26. The molecule has 2 aromatic rings. The van der Waals surface area contributed by atoms with Crippen LogP contribution in [0.25, 0.3) is 11.6 Å². The van der Waals surface area contributed by atoms with Crippen molar-refractivity contribution >= 4 is 23.5 Å². The van der Waals surface area contributed by atoms with Crippen LogP contribution in [0.1, 0.15) is 27.0 Å². The van der Waals surface area contributed by atoms with Gasteiger partial charge in [0.25, 0.3) is 11.8 Å². The van der Waals surface area contributed by atoms with Crippen LogP contribution >= 0.6 is 0 Å². The van der Waals surface area contributed by atoms with Gasteiger partial charge in [0, 0.05) is 11.1 Å². The van der Waals surface area contributed by atoms with Crippen molar-refractivity contribution in [1.82, 2.24) is 5.32 Å². The summed E-state index contributed by atoms with van der Waals surface area (Å²) in [6, 6.07) is 15.0. The lowest BCUT2D eigenvalue weighted by atomic mass is 9.93. The van der Waals surface area contributed by atoms with Gasteiger partial charge in [-0.15, -0.1) is 0 Å². The van der Waals surface area contributed by atoms with Crippen molar-refractivity contribution in [1.29, 1.82) is 0 Å². The Morgan fingerprint density at radius 2 is 1.65 bits per heavy atom. The third-order valence-corrected chi connectivity index (χ3v) is 3.29. The minimum absolute atomic E-state index is 0.341. The molecule has 1 heterocycles. The molecule has 1 aliphatic heterocycles. The van der Waals surface area contributed by atoms with Crippen molar-refractivity contribution in [2.24, 2.45) is 0 Å². The zero-order valence-corrected chi connectivity index (χ0v) is 11.0. The van der Waals surface area contributed by atoms with Crippen molar-refractivity contribution in [2.75, 3.05) is 0 Å². The van der Waals surface area contributed by atoms with Crippen LogP contribution in [0.5, 0.6) is 0 Å². The van der Waals surface area contributed by atoms with E-state index in [0.717, 1.165) is 11.1 Å². The first-order valence-electron chi connectivity index (χ1n) is 6.38. The first-order chi connectivity index (χ1) is 9.65. The molecule has 2 aromatic carbocycles. The fourth-order valence-corrected chi connectivity index (χ4v) is 2.35. The second-order valence-electron chi connectivity index (χ2n) is 4.80. The second kappa shape index (κ2) is 4.78. The minimum Gasteiger partial charge on any atom is -0.288 e. The number of aryl methyl sites for hydroxylation is 1. The van der Waals surface area contributed by atoms with E-state index in [-0.39, 0.29) is 11.8 Å². The molecular formula is C17H13NO2. The maximum atomic E-state index is 12.1. The Bertz CT molecular complexity index is 744. The molecule has 20 heavy (non-hydrogen) atoms. The van der Waals surface area contributed by atoms with E-state index in [9.17, 15) is 9.59 Å². The zero-order chi connectivity index (χ0) is 14.1. The summed E-state index contributed by atoms with van der Waals surface area (Å²) in [5, 5.41) is 2.37. The third-order valence-electron chi connectivity index (χ3n) is 3.29. The summed E-state index contributed by atoms with van der Waals surface area (Å²) >= 11 is 0. The third kappa shape index (κ3) is 2.14. The van der Waals surface area contributed by atoms with E-state index < -0.39 is 0 Å². The summed E-state index contributed by atoms with van der Waals surface area (Å²) in [4.78, 5) is 23.8. The number of hydrogen-bond donors (Lipinski definition) is 1. The summed E-state index contributed by atoms with van der Waals surface area (Å²) in [6.45, 7) is 2.00. The van der Waals surface area contributed by atoms with Gasteiger partial charge in [-0.25, -0.2) is 0 Å². The van der Waals surface area contributed by atoms with Gasteiger partial charge < -0.3 is 0 Å². The normalized spacial score (nSPS) is 15.9. The van der Waals surface area contributed by atoms with Crippen LogP contribution in [0.15, 0.2) is 48.5 Å². The first-order valence-corrected chi connectivity index (χ1v) is 6.38. The molecule has 1 aliphatic rings. The van der Waals surface area contributed by atoms with Crippen LogP contribution in [0.4, 0.5) is 0 Å². The molecule has 0 saturated heterocycles. The Labute approximate surface area is 116 Å². The number of benzene rings is 2. The molecular weight excluding hydrogens is 250 g/mol. The van der Waals surface area contributed by atoms with Gasteiger partial charge >= 0.3 is 0 Å². The molecule has 3 rings (SSSR count). The predicted octanol–water partition coefficient (Wildman–Crippen LogP) is 2.81. The second-order valence-corrected chi connectivity index (χ2v) is 4.80. The molecule has 0 aliphatic carbocycles. The monoisotopic (exact) mass is 263 g/mol. The summed E-state index contributed by atoms with van der Waals surface area (Å²) in [5.41, 5.74) is 3.80. The molecule has 0 atom stereocenters. The van der Waals surface area contributed by atoms with Gasteiger partial charge in [0.15, 0.2) is 0 Å². The molecule has 0 unspecified atom stereocenters. The van der Waals surface area contributed by atoms with Crippen LogP contribution in [0.3, 0.4) is 0 Å². The molecule has 0 saturated carbocycles. The molecule has 0 spiro atoms. The maximum Gasteiger partial charge on any atom is 0.258 e. The average molecular weight is 263 g/mol. The summed E-state index contributed by atoms with van der Waals surface area (Å²) in [5.74, 6) is -0.692. The van der Waals surface area contributed by atoms with E-state index >= 15 is 0 Å². The highest BCUT2D eigenvalue weighted by molar-refractivity contribution is 6.33. The molecule has 3 nitrogen and oxygen atoms in total. The van der Waals surface area contributed by atoms with Crippen LogP contribution in [-0.2, 0) is 4.79 Å². The summed E-state index contributed by atoms with van der Waals surface area (Å²) in [6.07, 6.45) is 1.81. The molecule has 2 amide bonds. The van der Waals surface area contributed by atoms with E-state index in [0.29, 0.717) is 16.7 Å². The molecule has 98 valence electrons. The molecule has 0 radical (unpaired) electrons. The van der Waals surface area contributed by atoms with Crippen LogP contribution < -0.4 is 5.32 Å². The topological polar surface area (TPSA) is 46.2 Å². The lowest BCUT2D eigenvalue weighted by molar-refractivity contribution is -0.114. The largest absolute Gasteiger partial charge is 0.288 e. The van der Waals surface area contributed by atoms with Gasteiger partial charge in [-0.3, -0.25) is 14.9 Å². The van der Waals surface area contributed by atoms with Crippen molar-refractivity contribution in [3.05, 3.63) is 70.8 Å². The highest BCUT2D eigenvalue weighted by atomic mass is 16.2. The number of fused-ring (bicyclic) bond motifs is 1. The Morgan fingerprint density at radius 3 is 2.40 bits per heavy atom. The SMILES string of the molecule is Cc1cccc(/C=C2/C(=O)NC(=O)c3ccccc32)c1. The molecule has 0 fully saturated rings. The molecule has 1 N–H and O–H groups in total. The number of carbonyl (C=O) groups is 2.